The Kier molecular flexibility index (Phi) is 68.6. The molecular weight excluding hydrogens is 1040 g/mol. The van der Waals surface area contributed by atoms with E-state index in [-0.39, 0.29) is 11.0 Å². The van der Waals surface area contributed by atoms with Crippen molar-refractivity contribution in [2.45, 2.75) is 516 Å². The lowest BCUT2D eigenvalue weighted by molar-refractivity contribution is -0.118. The fourth-order valence-electron chi connectivity index (χ4n) is 15.1. The molecule has 0 saturated heterocycles. The fourth-order valence-corrected chi connectivity index (χ4v) is 19.1. The van der Waals surface area contributed by atoms with Gasteiger partial charge in [0.25, 0.3) is 0 Å². The van der Waals surface area contributed by atoms with Gasteiger partial charge in [-0.3, -0.25) is 0 Å². The second-order valence-electron chi connectivity index (χ2n) is 29.2. The molecule has 0 heterocycles. The standard InChI is InChI=1S/C82H168O2Si/c1-9-17-25-33-41-49-57-65-73-81(74-66-58-50-42-34-26-18-10-2,75-67-59-51-43-35-27-19-11-3)82(76-68-60-52-44-36-28-20-12-4,77-69-61-53-45-37-29-21-13-5)84-85(79-71-63-55-47-39-31-23-15-7,80-72-64-56-48-40-32-24-16-8)83-78-70-62-54-46-38-30-22-14-6/h9-80H2,1-8H3. The molecule has 0 fully saturated rings. The summed E-state index contributed by atoms with van der Waals surface area (Å²) in [4.78, 5) is 0. The predicted octanol–water partition coefficient (Wildman–Crippen LogP) is 31.3. The van der Waals surface area contributed by atoms with Crippen LogP contribution in [0.5, 0.6) is 0 Å². The summed E-state index contributed by atoms with van der Waals surface area (Å²) in [6, 6.07) is 2.52. The maximum atomic E-state index is 9.19. The summed E-state index contributed by atoms with van der Waals surface area (Å²) in [5.41, 5.74) is 0.160. The lowest BCUT2D eigenvalue weighted by atomic mass is 9.59. The van der Waals surface area contributed by atoms with E-state index in [1.54, 1.807) is 0 Å². The molecular formula is C82H168O2Si. The Balaban J connectivity index is 8.22. The second kappa shape index (κ2) is 68.5. The van der Waals surface area contributed by atoms with Crippen LogP contribution in [0.3, 0.4) is 0 Å². The van der Waals surface area contributed by atoms with Crippen molar-refractivity contribution >= 4 is 8.56 Å². The molecule has 0 radical (unpaired) electrons. The van der Waals surface area contributed by atoms with Gasteiger partial charge in [-0.05, 0) is 56.0 Å². The summed E-state index contributed by atoms with van der Waals surface area (Å²) in [6.07, 6.45) is 96.9. The lowest BCUT2D eigenvalue weighted by Gasteiger charge is -2.56. The molecule has 85 heavy (non-hydrogen) atoms. The van der Waals surface area contributed by atoms with Gasteiger partial charge in [-0.1, -0.05) is 460 Å². The first kappa shape index (κ1) is 85.1. The van der Waals surface area contributed by atoms with Gasteiger partial charge in [0, 0.05) is 6.61 Å². The molecule has 2 nitrogen and oxygen atoms in total. The molecule has 0 rings (SSSR count). The molecule has 0 atom stereocenters. The Morgan fingerprint density at radius 1 is 0.188 bits per heavy atom. The Bertz CT molecular complexity index is 1130. The van der Waals surface area contributed by atoms with Crippen molar-refractivity contribution in [3.63, 3.8) is 0 Å². The van der Waals surface area contributed by atoms with Crippen LogP contribution < -0.4 is 0 Å². The molecule has 0 aliphatic rings. The molecule has 0 aliphatic carbocycles. The highest BCUT2D eigenvalue weighted by Crippen LogP contribution is 2.55. The van der Waals surface area contributed by atoms with Crippen LogP contribution in [-0.4, -0.2) is 20.8 Å². The van der Waals surface area contributed by atoms with Crippen molar-refractivity contribution in [1.29, 1.82) is 0 Å². The van der Waals surface area contributed by atoms with Crippen molar-refractivity contribution in [3.05, 3.63) is 0 Å². The highest BCUT2D eigenvalue weighted by atomic mass is 28.4. The van der Waals surface area contributed by atoms with E-state index in [0.29, 0.717) is 0 Å². The molecule has 0 aromatic carbocycles. The summed E-state index contributed by atoms with van der Waals surface area (Å²) >= 11 is 0. The van der Waals surface area contributed by atoms with Gasteiger partial charge in [0.1, 0.15) is 0 Å². The van der Waals surface area contributed by atoms with Crippen LogP contribution in [0.1, 0.15) is 498 Å². The molecule has 0 aromatic heterocycles. The zero-order valence-corrected chi connectivity index (χ0v) is 62.2. The Morgan fingerprint density at radius 2 is 0.365 bits per heavy atom. The van der Waals surface area contributed by atoms with Gasteiger partial charge in [-0.25, -0.2) is 0 Å². The van der Waals surface area contributed by atoms with Crippen molar-refractivity contribution in [1.82, 2.24) is 0 Å². The van der Waals surface area contributed by atoms with E-state index in [4.69, 9.17) is 4.43 Å². The van der Waals surface area contributed by atoms with Crippen molar-refractivity contribution in [2.75, 3.05) is 6.61 Å². The second-order valence-corrected chi connectivity index (χ2v) is 32.5. The lowest BCUT2D eigenvalue weighted by Crippen LogP contribution is -2.59. The summed E-state index contributed by atoms with van der Waals surface area (Å²) in [6.45, 7) is 20.0. The highest BCUT2D eigenvalue weighted by Gasteiger charge is 2.55. The van der Waals surface area contributed by atoms with Crippen molar-refractivity contribution < 1.29 is 8.85 Å². The van der Waals surface area contributed by atoms with Gasteiger partial charge in [0.15, 0.2) is 0 Å². The van der Waals surface area contributed by atoms with Crippen LogP contribution in [0.15, 0.2) is 0 Å². The molecule has 0 saturated carbocycles. The van der Waals surface area contributed by atoms with Crippen LogP contribution in [-0.2, 0) is 8.85 Å². The first-order valence-electron chi connectivity index (χ1n) is 41.3. The van der Waals surface area contributed by atoms with Crippen LogP contribution in [0.4, 0.5) is 0 Å². The smallest absolute Gasteiger partial charge is 0.338 e. The Labute approximate surface area is 542 Å². The zero-order valence-electron chi connectivity index (χ0n) is 61.2. The number of rotatable bonds is 76. The van der Waals surface area contributed by atoms with E-state index in [0.717, 1.165) is 6.61 Å². The molecule has 0 N–H and O–H groups in total. The number of hydrogen-bond donors (Lipinski definition) is 0. The largest absolute Gasteiger partial charge is 0.394 e. The predicted molar refractivity (Wildman–Crippen MR) is 392 cm³/mol. The molecule has 3 heteroatoms. The average Bonchev–Trinajstić information content (AvgIpc) is 3.58. The maximum absolute atomic E-state index is 9.19. The maximum Gasteiger partial charge on any atom is 0.338 e. The van der Waals surface area contributed by atoms with E-state index in [9.17, 15) is 4.43 Å². The van der Waals surface area contributed by atoms with Gasteiger partial charge in [-0.15, -0.1) is 0 Å². The summed E-state index contributed by atoms with van der Waals surface area (Å²) in [5, 5.41) is 0. The average molecular weight is 1210 g/mol. The van der Waals surface area contributed by atoms with Crippen LogP contribution in [0, 0.1) is 5.41 Å². The van der Waals surface area contributed by atoms with Crippen LogP contribution >= 0.6 is 0 Å². The number of hydrogen-bond acceptors (Lipinski definition) is 2. The third-order valence-electron chi connectivity index (χ3n) is 20.9. The summed E-state index contributed by atoms with van der Waals surface area (Å²) in [5.74, 6) is 0. The van der Waals surface area contributed by atoms with E-state index >= 15 is 0 Å². The summed E-state index contributed by atoms with van der Waals surface area (Å²) < 4.78 is 17.3. The van der Waals surface area contributed by atoms with E-state index in [1.165, 1.54) is 455 Å². The van der Waals surface area contributed by atoms with Gasteiger partial charge >= 0.3 is 8.56 Å². The van der Waals surface area contributed by atoms with Gasteiger partial charge in [-0.2, -0.15) is 0 Å². The third kappa shape index (κ3) is 52.3. The van der Waals surface area contributed by atoms with Crippen LogP contribution in [0.2, 0.25) is 12.1 Å². The first-order chi connectivity index (χ1) is 41.9. The van der Waals surface area contributed by atoms with E-state index in [2.05, 4.69) is 55.4 Å². The molecule has 0 bridgehead atoms. The molecule has 0 amide bonds. The van der Waals surface area contributed by atoms with Gasteiger partial charge in [0.2, 0.25) is 0 Å². The topological polar surface area (TPSA) is 18.5 Å². The van der Waals surface area contributed by atoms with Gasteiger partial charge < -0.3 is 8.85 Å². The molecule has 0 aliphatic heterocycles. The highest BCUT2D eigenvalue weighted by molar-refractivity contribution is 6.67. The minimum absolute atomic E-state index is 0.0768. The van der Waals surface area contributed by atoms with E-state index in [1.807, 2.05) is 0 Å². The quantitative estimate of drug-likeness (QED) is 0.0446. The zero-order chi connectivity index (χ0) is 61.8. The first-order valence-corrected chi connectivity index (χ1v) is 43.5. The third-order valence-corrected chi connectivity index (χ3v) is 24.7. The molecule has 0 aromatic rings. The monoisotopic (exact) mass is 1210 g/mol. The minimum atomic E-state index is -2.69. The molecule has 512 valence electrons. The fraction of sp³-hybridized carbons (Fsp3) is 1.00. The number of unbranched alkanes of at least 4 members (excludes halogenated alkanes) is 56. The normalized spacial score (nSPS) is 12.4. The van der Waals surface area contributed by atoms with Crippen LogP contribution in [0.25, 0.3) is 0 Å². The van der Waals surface area contributed by atoms with E-state index < -0.39 is 8.56 Å². The molecule has 0 unspecified atom stereocenters. The summed E-state index contributed by atoms with van der Waals surface area (Å²) in [7, 11) is -2.69. The SMILES string of the molecule is CCCCCCCCCCO[Si](CCCCCCCCCC)(CCCCCCCCCC)OC(CCCCCCCCCC)(CCCCCCCCCC)C(CCCCCCCCCC)(CCCCCCCCCC)CCCCCCCCCC. The van der Waals surface area contributed by atoms with Gasteiger partial charge in [0.05, 0.1) is 5.60 Å². The molecule has 0 spiro atoms. The Morgan fingerprint density at radius 3 is 0.588 bits per heavy atom. The van der Waals surface area contributed by atoms with Crippen molar-refractivity contribution in [3.8, 4) is 0 Å². The Hall–Kier alpha value is 0.137. The van der Waals surface area contributed by atoms with Crippen molar-refractivity contribution in [2.24, 2.45) is 5.41 Å². The minimum Gasteiger partial charge on any atom is -0.394 e.